The molecular weight excluding hydrogens is 264 g/mol. The van der Waals surface area contributed by atoms with Crippen LogP contribution in [-0.2, 0) is 11.0 Å². The van der Waals surface area contributed by atoms with Gasteiger partial charge in [-0.1, -0.05) is 0 Å². The molecule has 0 fully saturated rings. The number of carbonyl (C=O) groups excluding carboxylic acids is 1. The highest BCUT2D eigenvalue weighted by atomic mass is 19.4. The number of anilines is 1. The van der Waals surface area contributed by atoms with Crippen LogP contribution in [0, 0.1) is 5.82 Å². The van der Waals surface area contributed by atoms with Crippen molar-refractivity contribution in [2.45, 2.75) is 32.0 Å². The first-order valence-electron chi connectivity index (χ1n) is 5.62. The normalized spacial score (nSPS) is 13.2. The Hall–Kier alpha value is -1.63. The molecule has 1 amide bonds. The summed E-state index contributed by atoms with van der Waals surface area (Å²) in [7, 11) is 0. The van der Waals surface area contributed by atoms with Crippen LogP contribution in [0.25, 0.3) is 0 Å². The van der Waals surface area contributed by atoms with Crippen molar-refractivity contribution in [2.75, 3.05) is 5.32 Å². The lowest BCUT2D eigenvalue weighted by molar-refractivity contribution is -0.140. The molecule has 0 aliphatic heterocycles. The maximum atomic E-state index is 13.0. The van der Waals surface area contributed by atoms with Crippen LogP contribution in [0.4, 0.5) is 23.2 Å². The summed E-state index contributed by atoms with van der Waals surface area (Å²) < 4.78 is 50.4. The minimum absolute atomic E-state index is 0.0936. The van der Waals surface area contributed by atoms with Gasteiger partial charge in [0.1, 0.15) is 5.82 Å². The van der Waals surface area contributed by atoms with Gasteiger partial charge in [0.25, 0.3) is 0 Å². The Kier molecular flexibility index (Phi) is 4.88. The molecule has 0 aliphatic rings. The highest BCUT2D eigenvalue weighted by Gasteiger charge is 2.34. The van der Waals surface area contributed by atoms with E-state index in [-0.39, 0.29) is 18.2 Å². The van der Waals surface area contributed by atoms with Gasteiger partial charge in [0.15, 0.2) is 0 Å². The molecule has 3 N–H and O–H groups in total. The van der Waals surface area contributed by atoms with Crippen molar-refractivity contribution in [1.82, 2.24) is 0 Å². The molecule has 1 aromatic carbocycles. The molecule has 1 aromatic rings. The summed E-state index contributed by atoms with van der Waals surface area (Å²) in [5.74, 6) is -1.84. The molecule has 0 bridgehead atoms. The van der Waals surface area contributed by atoms with E-state index in [1.807, 2.05) is 0 Å². The highest BCUT2D eigenvalue weighted by Crippen LogP contribution is 2.32. The summed E-state index contributed by atoms with van der Waals surface area (Å²) in [4.78, 5) is 11.4. The van der Waals surface area contributed by atoms with Crippen LogP contribution in [-0.4, -0.2) is 11.9 Å². The van der Waals surface area contributed by atoms with Crippen molar-refractivity contribution in [1.29, 1.82) is 0 Å². The third kappa shape index (κ3) is 4.86. The Morgan fingerprint density at radius 3 is 2.58 bits per heavy atom. The van der Waals surface area contributed by atoms with Crippen LogP contribution in [0.15, 0.2) is 18.2 Å². The lowest BCUT2D eigenvalue weighted by Gasteiger charge is -2.11. The fourth-order valence-electron chi connectivity index (χ4n) is 1.40. The van der Waals surface area contributed by atoms with E-state index < -0.39 is 23.5 Å². The van der Waals surface area contributed by atoms with Crippen LogP contribution in [0.3, 0.4) is 0 Å². The predicted octanol–water partition coefficient (Wildman–Crippen LogP) is 2.91. The molecule has 0 saturated carbocycles. The topological polar surface area (TPSA) is 55.1 Å². The third-order valence-electron chi connectivity index (χ3n) is 2.38. The Morgan fingerprint density at radius 2 is 2.05 bits per heavy atom. The Balaban J connectivity index is 2.78. The molecule has 1 rings (SSSR count). The van der Waals surface area contributed by atoms with Crippen LogP contribution in [0.1, 0.15) is 25.3 Å². The molecule has 0 radical (unpaired) electrons. The van der Waals surface area contributed by atoms with Gasteiger partial charge in [-0.05, 0) is 31.5 Å². The zero-order chi connectivity index (χ0) is 14.6. The SMILES string of the molecule is CC(N)CCC(=O)Nc1ccc(F)c(C(F)(F)F)c1. The lowest BCUT2D eigenvalue weighted by atomic mass is 10.1. The second-order valence-corrected chi connectivity index (χ2v) is 4.26. The van der Waals surface area contributed by atoms with Gasteiger partial charge in [-0.3, -0.25) is 4.79 Å². The zero-order valence-electron chi connectivity index (χ0n) is 10.2. The molecule has 0 saturated heterocycles. The number of rotatable bonds is 4. The smallest absolute Gasteiger partial charge is 0.328 e. The summed E-state index contributed by atoms with van der Waals surface area (Å²) in [6.45, 7) is 1.72. The first kappa shape index (κ1) is 15.4. The molecule has 0 aliphatic carbocycles. The van der Waals surface area contributed by atoms with Gasteiger partial charge < -0.3 is 11.1 Å². The summed E-state index contributed by atoms with van der Waals surface area (Å²) >= 11 is 0. The van der Waals surface area contributed by atoms with Crippen molar-refractivity contribution in [3.05, 3.63) is 29.6 Å². The van der Waals surface area contributed by atoms with Crippen LogP contribution < -0.4 is 11.1 Å². The number of hydrogen-bond donors (Lipinski definition) is 2. The summed E-state index contributed by atoms with van der Waals surface area (Å²) in [5, 5.41) is 2.28. The second kappa shape index (κ2) is 6.01. The molecule has 0 spiro atoms. The van der Waals surface area contributed by atoms with Gasteiger partial charge in [0.2, 0.25) is 5.91 Å². The number of nitrogens with two attached hydrogens (primary N) is 1. The first-order valence-corrected chi connectivity index (χ1v) is 5.62. The van der Waals surface area contributed by atoms with Gasteiger partial charge in [-0.15, -0.1) is 0 Å². The molecule has 106 valence electrons. The van der Waals surface area contributed by atoms with E-state index in [9.17, 15) is 22.4 Å². The number of halogens is 4. The van der Waals surface area contributed by atoms with Crippen molar-refractivity contribution in [3.8, 4) is 0 Å². The van der Waals surface area contributed by atoms with E-state index in [2.05, 4.69) is 5.32 Å². The summed E-state index contributed by atoms with van der Waals surface area (Å²) in [5.41, 5.74) is 3.96. The maximum absolute atomic E-state index is 13.0. The largest absolute Gasteiger partial charge is 0.419 e. The van der Waals surface area contributed by atoms with Gasteiger partial charge in [0, 0.05) is 18.2 Å². The second-order valence-electron chi connectivity index (χ2n) is 4.26. The molecule has 1 atom stereocenters. The molecule has 7 heteroatoms. The third-order valence-corrected chi connectivity index (χ3v) is 2.38. The number of carbonyl (C=O) groups is 1. The lowest BCUT2D eigenvalue weighted by Crippen LogP contribution is -2.19. The first-order chi connectivity index (χ1) is 8.70. The number of amides is 1. The number of hydrogen-bond acceptors (Lipinski definition) is 2. The van der Waals surface area contributed by atoms with E-state index in [1.54, 1.807) is 6.92 Å². The van der Waals surface area contributed by atoms with Gasteiger partial charge in [-0.25, -0.2) is 4.39 Å². The van der Waals surface area contributed by atoms with E-state index in [4.69, 9.17) is 5.73 Å². The Labute approximate surface area is 107 Å². The number of alkyl halides is 3. The van der Waals surface area contributed by atoms with Crippen molar-refractivity contribution < 1.29 is 22.4 Å². The zero-order valence-corrected chi connectivity index (χ0v) is 10.2. The van der Waals surface area contributed by atoms with E-state index in [1.165, 1.54) is 0 Å². The van der Waals surface area contributed by atoms with Gasteiger partial charge in [-0.2, -0.15) is 13.2 Å². The molecule has 1 unspecified atom stereocenters. The Bertz CT molecular complexity index is 458. The molecule has 3 nitrogen and oxygen atoms in total. The fraction of sp³-hybridized carbons (Fsp3) is 0.417. The minimum Gasteiger partial charge on any atom is -0.328 e. The molecular formula is C12H14F4N2O. The van der Waals surface area contributed by atoms with Crippen LogP contribution in [0.2, 0.25) is 0 Å². The number of nitrogens with one attached hydrogen (secondary N) is 1. The maximum Gasteiger partial charge on any atom is 0.419 e. The average Bonchev–Trinajstić information content (AvgIpc) is 2.27. The van der Waals surface area contributed by atoms with Crippen molar-refractivity contribution in [3.63, 3.8) is 0 Å². The van der Waals surface area contributed by atoms with Crippen LogP contribution >= 0.6 is 0 Å². The highest BCUT2D eigenvalue weighted by molar-refractivity contribution is 5.90. The quantitative estimate of drug-likeness (QED) is 0.832. The average molecular weight is 278 g/mol. The minimum atomic E-state index is -4.80. The van der Waals surface area contributed by atoms with Gasteiger partial charge >= 0.3 is 6.18 Å². The van der Waals surface area contributed by atoms with Crippen molar-refractivity contribution in [2.24, 2.45) is 5.73 Å². The Morgan fingerprint density at radius 1 is 1.42 bits per heavy atom. The standard InChI is InChI=1S/C12H14F4N2O/c1-7(17)2-5-11(19)18-8-3-4-10(13)9(6-8)12(14,15)16/h3-4,6-7H,2,5,17H2,1H3,(H,18,19). The van der Waals surface area contributed by atoms with E-state index in [0.29, 0.717) is 18.6 Å². The molecule has 19 heavy (non-hydrogen) atoms. The van der Waals surface area contributed by atoms with Crippen molar-refractivity contribution >= 4 is 11.6 Å². The van der Waals surface area contributed by atoms with E-state index in [0.717, 1.165) is 6.07 Å². The molecule has 0 aromatic heterocycles. The van der Waals surface area contributed by atoms with Gasteiger partial charge in [0.05, 0.1) is 5.56 Å². The number of benzene rings is 1. The molecule has 0 heterocycles. The fourth-order valence-corrected chi connectivity index (χ4v) is 1.40. The van der Waals surface area contributed by atoms with E-state index >= 15 is 0 Å². The summed E-state index contributed by atoms with van der Waals surface area (Å²) in [6, 6.07) is 2.14. The summed E-state index contributed by atoms with van der Waals surface area (Å²) in [6.07, 6.45) is -4.29. The predicted molar refractivity (Wildman–Crippen MR) is 62.9 cm³/mol. The monoisotopic (exact) mass is 278 g/mol. The van der Waals surface area contributed by atoms with Crippen LogP contribution in [0.5, 0.6) is 0 Å².